The molecule has 1 aliphatic carbocycles. The summed E-state index contributed by atoms with van der Waals surface area (Å²) >= 11 is 0. The Morgan fingerprint density at radius 2 is 2.00 bits per heavy atom. The average molecular weight is 287 g/mol. The number of alkyl halides is 3. The Morgan fingerprint density at radius 1 is 1.40 bits per heavy atom. The molecule has 2 rings (SSSR count). The Balaban J connectivity index is 2.22. The number of nitrogens with one attached hydrogen (secondary N) is 1. The molecule has 3 N–H and O–H groups in total. The van der Waals surface area contributed by atoms with Crippen LogP contribution in [0, 0.1) is 0 Å². The van der Waals surface area contributed by atoms with Crippen LogP contribution in [0.5, 0.6) is 0 Å². The van der Waals surface area contributed by atoms with E-state index >= 15 is 0 Å². The molecule has 0 saturated heterocycles. The van der Waals surface area contributed by atoms with Crippen molar-refractivity contribution in [1.82, 2.24) is 10.3 Å². The maximum absolute atomic E-state index is 12.8. The average Bonchev–Trinajstić information content (AvgIpc) is 3.08. The smallest absolute Gasteiger partial charge is 0.384 e. The fourth-order valence-corrected chi connectivity index (χ4v) is 1.89. The van der Waals surface area contributed by atoms with E-state index in [-0.39, 0.29) is 30.1 Å². The lowest BCUT2D eigenvalue weighted by molar-refractivity contribution is -0.163. The molecule has 1 saturated carbocycles. The van der Waals surface area contributed by atoms with Crippen LogP contribution in [-0.2, 0) is 0 Å². The minimum atomic E-state index is -4.43. The van der Waals surface area contributed by atoms with Crippen molar-refractivity contribution in [3.63, 3.8) is 0 Å². The second-order valence-electron chi connectivity index (χ2n) is 5.39. The Hall–Kier alpha value is -1.79. The van der Waals surface area contributed by atoms with Crippen LogP contribution in [0.1, 0.15) is 48.7 Å². The molecule has 0 unspecified atom stereocenters. The number of nitrogens with zero attached hydrogens (tertiary/aromatic N) is 1. The van der Waals surface area contributed by atoms with Crippen LogP contribution in [0.15, 0.2) is 12.1 Å². The zero-order chi connectivity index (χ0) is 15.1. The lowest BCUT2D eigenvalue weighted by atomic mass is 10.1. The van der Waals surface area contributed by atoms with Gasteiger partial charge in [-0.05, 0) is 30.9 Å². The number of halogens is 3. The number of carbonyl (C=O) groups is 1. The molecule has 0 aromatic carbocycles. The molecule has 0 radical (unpaired) electrons. The lowest BCUT2D eigenvalue weighted by Gasteiger charge is -2.21. The summed E-state index contributed by atoms with van der Waals surface area (Å²) in [5.74, 6) is -0.614. The molecule has 0 bridgehead atoms. The molecule has 0 spiro atoms. The third kappa shape index (κ3) is 2.71. The standard InChI is InChI=1S/C13H16F3N3O/c1-7(2)9-5-8(6-10(17)18-9)11(20)19-12(3-4-12)13(14,15)16/h5-7H,3-4H2,1-2H3,(H2,17,18)(H,19,20). The normalized spacial score (nSPS) is 17.1. The van der Waals surface area contributed by atoms with Gasteiger partial charge in [0.15, 0.2) is 0 Å². The zero-order valence-electron chi connectivity index (χ0n) is 11.2. The highest BCUT2D eigenvalue weighted by atomic mass is 19.4. The molecular formula is C13H16F3N3O. The zero-order valence-corrected chi connectivity index (χ0v) is 11.2. The van der Waals surface area contributed by atoms with Gasteiger partial charge in [0, 0.05) is 11.3 Å². The van der Waals surface area contributed by atoms with Crippen LogP contribution in [-0.4, -0.2) is 22.6 Å². The molecule has 7 heteroatoms. The van der Waals surface area contributed by atoms with Gasteiger partial charge in [-0.1, -0.05) is 13.8 Å². The van der Waals surface area contributed by atoms with Crippen molar-refractivity contribution >= 4 is 11.7 Å². The van der Waals surface area contributed by atoms with Crippen LogP contribution in [0.3, 0.4) is 0 Å². The molecule has 20 heavy (non-hydrogen) atoms. The topological polar surface area (TPSA) is 68.0 Å². The van der Waals surface area contributed by atoms with Crippen molar-refractivity contribution in [2.24, 2.45) is 0 Å². The highest BCUT2D eigenvalue weighted by Gasteiger charge is 2.64. The van der Waals surface area contributed by atoms with E-state index in [1.54, 1.807) is 0 Å². The Morgan fingerprint density at radius 3 is 2.45 bits per heavy atom. The predicted octanol–water partition coefficient (Wildman–Crippen LogP) is 2.61. The summed E-state index contributed by atoms with van der Waals surface area (Å²) in [7, 11) is 0. The minimum absolute atomic E-state index is 0.0301. The Kier molecular flexibility index (Phi) is 3.39. The first-order chi connectivity index (χ1) is 9.14. The summed E-state index contributed by atoms with van der Waals surface area (Å²) in [6.07, 6.45) is -4.60. The van der Waals surface area contributed by atoms with Crippen LogP contribution >= 0.6 is 0 Å². The van der Waals surface area contributed by atoms with Gasteiger partial charge in [0.05, 0.1) is 0 Å². The number of hydrogen-bond acceptors (Lipinski definition) is 3. The quantitative estimate of drug-likeness (QED) is 0.898. The van der Waals surface area contributed by atoms with Crippen molar-refractivity contribution in [3.05, 3.63) is 23.4 Å². The molecule has 1 aromatic heterocycles. The highest BCUT2D eigenvalue weighted by molar-refractivity contribution is 5.95. The summed E-state index contributed by atoms with van der Waals surface area (Å²) in [5, 5.41) is 2.07. The van der Waals surface area contributed by atoms with E-state index in [1.807, 2.05) is 13.8 Å². The molecule has 1 aromatic rings. The van der Waals surface area contributed by atoms with E-state index in [0.717, 1.165) is 0 Å². The van der Waals surface area contributed by atoms with E-state index in [2.05, 4.69) is 10.3 Å². The van der Waals surface area contributed by atoms with Gasteiger partial charge in [0.25, 0.3) is 5.91 Å². The van der Waals surface area contributed by atoms with Crippen molar-refractivity contribution in [3.8, 4) is 0 Å². The van der Waals surface area contributed by atoms with E-state index in [0.29, 0.717) is 5.69 Å². The fourth-order valence-electron chi connectivity index (χ4n) is 1.89. The van der Waals surface area contributed by atoms with E-state index in [9.17, 15) is 18.0 Å². The summed E-state index contributed by atoms with van der Waals surface area (Å²) in [6.45, 7) is 3.73. The first-order valence-electron chi connectivity index (χ1n) is 6.31. The molecule has 0 aliphatic heterocycles. The lowest BCUT2D eigenvalue weighted by Crippen LogP contribution is -2.47. The summed E-state index contributed by atoms with van der Waals surface area (Å²) in [6, 6.07) is 2.76. The third-order valence-electron chi connectivity index (χ3n) is 3.36. The summed E-state index contributed by atoms with van der Waals surface area (Å²) < 4.78 is 38.4. The second-order valence-corrected chi connectivity index (χ2v) is 5.39. The van der Waals surface area contributed by atoms with Gasteiger partial charge in [-0.3, -0.25) is 4.79 Å². The number of amides is 1. The number of carbonyl (C=O) groups excluding carboxylic acids is 1. The summed E-state index contributed by atoms with van der Waals surface area (Å²) in [4.78, 5) is 16.0. The van der Waals surface area contributed by atoms with E-state index < -0.39 is 17.6 Å². The van der Waals surface area contributed by atoms with Crippen molar-refractivity contribution in [2.75, 3.05) is 5.73 Å². The fraction of sp³-hybridized carbons (Fsp3) is 0.538. The van der Waals surface area contributed by atoms with Crippen LogP contribution in [0.2, 0.25) is 0 Å². The predicted molar refractivity (Wildman–Crippen MR) is 68.2 cm³/mol. The number of anilines is 1. The second kappa shape index (κ2) is 4.64. The van der Waals surface area contributed by atoms with Crippen molar-refractivity contribution < 1.29 is 18.0 Å². The first kappa shape index (κ1) is 14.6. The summed E-state index contributed by atoms with van der Waals surface area (Å²) in [5.41, 5.74) is 4.20. The van der Waals surface area contributed by atoms with Gasteiger partial charge in [0.1, 0.15) is 11.4 Å². The molecular weight excluding hydrogens is 271 g/mol. The van der Waals surface area contributed by atoms with Gasteiger partial charge >= 0.3 is 6.18 Å². The largest absolute Gasteiger partial charge is 0.411 e. The van der Waals surface area contributed by atoms with Gasteiger partial charge in [-0.15, -0.1) is 0 Å². The maximum Gasteiger partial charge on any atom is 0.411 e. The van der Waals surface area contributed by atoms with Crippen LogP contribution in [0.4, 0.5) is 19.0 Å². The number of nitrogen functional groups attached to an aromatic ring is 1. The molecule has 1 fully saturated rings. The maximum atomic E-state index is 12.8. The van der Waals surface area contributed by atoms with E-state index in [4.69, 9.17) is 5.73 Å². The van der Waals surface area contributed by atoms with Gasteiger partial charge < -0.3 is 11.1 Å². The Labute approximate surface area is 114 Å². The van der Waals surface area contributed by atoms with E-state index in [1.165, 1.54) is 12.1 Å². The third-order valence-corrected chi connectivity index (χ3v) is 3.36. The molecule has 0 atom stereocenters. The molecule has 1 aliphatic rings. The number of pyridine rings is 1. The Bertz CT molecular complexity index is 536. The van der Waals surface area contributed by atoms with Gasteiger partial charge in [0.2, 0.25) is 0 Å². The molecule has 1 amide bonds. The molecule has 4 nitrogen and oxygen atoms in total. The monoisotopic (exact) mass is 287 g/mol. The SMILES string of the molecule is CC(C)c1cc(C(=O)NC2(C(F)(F)F)CC2)cc(N)n1. The van der Waals surface area contributed by atoms with Crippen molar-refractivity contribution in [1.29, 1.82) is 0 Å². The number of rotatable bonds is 3. The number of aromatic nitrogens is 1. The van der Waals surface area contributed by atoms with Crippen LogP contribution in [0.25, 0.3) is 0 Å². The highest BCUT2D eigenvalue weighted by Crippen LogP contribution is 2.49. The van der Waals surface area contributed by atoms with Gasteiger partial charge in [-0.2, -0.15) is 13.2 Å². The van der Waals surface area contributed by atoms with Crippen LogP contribution < -0.4 is 11.1 Å². The number of nitrogens with two attached hydrogens (primary N) is 1. The number of hydrogen-bond donors (Lipinski definition) is 2. The minimum Gasteiger partial charge on any atom is -0.384 e. The van der Waals surface area contributed by atoms with Crippen molar-refractivity contribution in [2.45, 2.75) is 44.3 Å². The molecule has 110 valence electrons. The first-order valence-corrected chi connectivity index (χ1v) is 6.31. The molecule has 1 heterocycles. The van der Waals surface area contributed by atoms with Gasteiger partial charge in [-0.25, -0.2) is 4.98 Å².